The van der Waals surface area contributed by atoms with Crippen molar-refractivity contribution in [2.24, 2.45) is 5.41 Å². The fraction of sp³-hybridized carbons (Fsp3) is 0.375. The van der Waals surface area contributed by atoms with Crippen LogP contribution < -0.4 is 5.32 Å². The minimum atomic E-state index is 0.192. The van der Waals surface area contributed by atoms with Gasteiger partial charge in [0.1, 0.15) is 0 Å². The molecule has 96 valence electrons. The Morgan fingerprint density at radius 3 is 2.39 bits per heavy atom. The van der Waals surface area contributed by atoms with E-state index in [-0.39, 0.29) is 5.41 Å². The van der Waals surface area contributed by atoms with E-state index in [1.54, 1.807) is 0 Å². The average Bonchev–Trinajstić information content (AvgIpc) is 2.82. The Kier molecular flexibility index (Phi) is 3.87. The number of hydrogen-bond acceptors (Lipinski definition) is 1. The summed E-state index contributed by atoms with van der Waals surface area (Å²) in [6.07, 6.45) is 4.00. The first-order valence-corrected chi connectivity index (χ1v) is 6.47. The molecule has 1 heterocycles. The second kappa shape index (κ2) is 5.40. The molecular weight excluding hydrogens is 220 g/mol. The van der Waals surface area contributed by atoms with Crippen LogP contribution in [0.3, 0.4) is 0 Å². The van der Waals surface area contributed by atoms with Crippen LogP contribution in [0.15, 0.2) is 48.8 Å². The van der Waals surface area contributed by atoms with Gasteiger partial charge in [0, 0.05) is 25.0 Å². The third-order valence-electron chi connectivity index (χ3n) is 3.17. The Morgan fingerprint density at radius 1 is 1.11 bits per heavy atom. The fourth-order valence-corrected chi connectivity index (χ4v) is 2.26. The van der Waals surface area contributed by atoms with Crippen LogP contribution in [-0.4, -0.2) is 4.98 Å². The molecule has 0 aliphatic carbocycles. The number of aromatic nitrogens is 1. The van der Waals surface area contributed by atoms with Crippen LogP contribution in [0, 0.1) is 5.41 Å². The Balaban J connectivity index is 2.12. The highest BCUT2D eigenvalue weighted by atomic mass is 14.9. The van der Waals surface area contributed by atoms with Gasteiger partial charge in [-0.2, -0.15) is 0 Å². The number of nitrogens with one attached hydrogen (secondary N) is 2. The van der Waals surface area contributed by atoms with Crippen molar-refractivity contribution in [2.45, 2.75) is 33.4 Å². The smallest absolute Gasteiger partial charge is 0.0372 e. The average molecular weight is 242 g/mol. The maximum atomic E-state index is 3.66. The molecule has 1 atom stereocenters. The first-order valence-electron chi connectivity index (χ1n) is 6.47. The predicted octanol–water partition coefficient (Wildman–Crippen LogP) is 3.89. The molecule has 2 aromatic rings. The third-order valence-corrected chi connectivity index (χ3v) is 3.17. The van der Waals surface area contributed by atoms with Crippen molar-refractivity contribution in [1.29, 1.82) is 0 Å². The number of hydrogen-bond donors (Lipinski definition) is 2. The first kappa shape index (κ1) is 12.9. The lowest BCUT2D eigenvalue weighted by atomic mass is 9.82. The van der Waals surface area contributed by atoms with Crippen LogP contribution in [0.1, 0.15) is 37.9 Å². The van der Waals surface area contributed by atoms with E-state index in [4.69, 9.17) is 0 Å². The Hall–Kier alpha value is -1.54. The molecule has 0 bridgehead atoms. The molecule has 0 spiro atoms. The van der Waals surface area contributed by atoms with Crippen LogP contribution in [-0.2, 0) is 6.54 Å². The standard InChI is InChI=1S/C16H22N2/c1-16(2,3)15(14-7-5-4-6-8-14)18-12-13-9-10-17-11-13/h4-11,15,17-18H,12H2,1-3H3. The van der Waals surface area contributed by atoms with Gasteiger partial charge in [0.15, 0.2) is 0 Å². The van der Waals surface area contributed by atoms with E-state index in [2.05, 4.69) is 67.5 Å². The zero-order chi connectivity index (χ0) is 13.0. The Bertz CT molecular complexity index is 452. The molecule has 2 rings (SSSR count). The molecule has 1 unspecified atom stereocenters. The maximum Gasteiger partial charge on any atom is 0.0372 e. The van der Waals surface area contributed by atoms with Crippen molar-refractivity contribution in [3.05, 3.63) is 59.9 Å². The van der Waals surface area contributed by atoms with E-state index in [1.165, 1.54) is 11.1 Å². The fourth-order valence-electron chi connectivity index (χ4n) is 2.26. The van der Waals surface area contributed by atoms with Gasteiger partial charge in [-0.25, -0.2) is 0 Å². The zero-order valence-corrected chi connectivity index (χ0v) is 11.4. The monoisotopic (exact) mass is 242 g/mol. The van der Waals surface area contributed by atoms with Crippen LogP contribution in [0.2, 0.25) is 0 Å². The summed E-state index contributed by atoms with van der Waals surface area (Å²) in [7, 11) is 0. The summed E-state index contributed by atoms with van der Waals surface area (Å²) in [4.78, 5) is 3.09. The first-order chi connectivity index (χ1) is 8.57. The molecule has 2 nitrogen and oxygen atoms in total. The predicted molar refractivity (Wildman–Crippen MR) is 76.3 cm³/mol. The highest BCUT2D eigenvalue weighted by Crippen LogP contribution is 2.32. The van der Waals surface area contributed by atoms with Crippen LogP contribution in [0.5, 0.6) is 0 Å². The molecule has 2 heteroatoms. The highest BCUT2D eigenvalue weighted by Gasteiger charge is 2.25. The van der Waals surface area contributed by atoms with Gasteiger partial charge < -0.3 is 10.3 Å². The van der Waals surface area contributed by atoms with Gasteiger partial charge in [0.2, 0.25) is 0 Å². The largest absolute Gasteiger partial charge is 0.367 e. The summed E-state index contributed by atoms with van der Waals surface area (Å²) >= 11 is 0. The lowest BCUT2D eigenvalue weighted by molar-refractivity contribution is 0.271. The van der Waals surface area contributed by atoms with Gasteiger partial charge in [-0.1, -0.05) is 51.1 Å². The van der Waals surface area contributed by atoms with Crippen molar-refractivity contribution in [3.8, 4) is 0 Å². The van der Waals surface area contributed by atoms with E-state index in [0.717, 1.165) is 6.54 Å². The van der Waals surface area contributed by atoms with Gasteiger partial charge in [-0.05, 0) is 22.6 Å². The number of benzene rings is 1. The summed E-state index contributed by atoms with van der Waals surface area (Å²) in [6, 6.07) is 13.1. The summed E-state index contributed by atoms with van der Waals surface area (Å²) in [5, 5.41) is 3.66. The van der Waals surface area contributed by atoms with Crippen LogP contribution >= 0.6 is 0 Å². The minimum Gasteiger partial charge on any atom is -0.367 e. The highest BCUT2D eigenvalue weighted by molar-refractivity contribution is 5.21. The topological polar surface area (TPSA) is 27.8 Å². The van der Waals surface area contributed by atoms with Gasteiger partial charge >= 0.3 is 0 Å². The number of H-pyrrole nitrogens is 1. The van der Waals surface area contributed by atoms with E-state index >= 15 is 0 Å². The molecule has 0 aliphatic heterocycles. The lowest BCUT2D eigenvalue weighted by Gasteiger charge is -2.32. The number of rotatable bonds is 4. The molecular formula is C16H22N2. The minimum absolute atomic E-state index is 0.192. The zero-order valence-electron chi connectivity index (χ0n) is 11.4. The summed E-state index contributed by atoms with van der Waals surface area (Å²) in [5.74, 6) is 0. The molecule has 1 aromatic heterocycles. The molecule has 0 saturated heterocycles. The van der Waals surface area contributed by atoms with Gasteiger partial charge in [0.05, 0.1) is 0 Å². The lowest BCUT2D eigenvalue weighted by Crippen LogP contribution is -2.31. The second-order valence-corrected chi connectivity index (χ2v) is 5.81. The molecule has 0 radical (unpaired) electrons. The molecule has 0 saturated carbocycles. The number of aromatic amines is 1. The van der Waals surface area contributed by atoms with Crippen molar-refractivity contribution >= 4 is 0 Å². The summed E-state index contributed by atoms with van der Waals surface area (Å²) in [5.41, 5.74) is 2.83. The van der Waals surface area contributed by atoms with Crippen molar-refractivity contribution in [2.75, 3.05) is 0 Å². The SMILES string of the molecule is CC(C)(C)C(NCc1cc[nH]c1)c1ccccc1. The second-order valence-electron chi connectivity index (χ2n) is 5.81. The molecule has 0 fully saturated rings. The van der Waals surface area contributed by atoms with Gasteiger partial charge in [0.25, 0.3) is 0 Å². The van der Waals surface area contributed by atoms with Crippen molar-refractivity contribution in [3.63, 3.8) is 0 Å². The molecule has 1 aromatic carbocycles. The third kappa shape index (κ3) is 3.23. The Labute approximate surface area is 109 Å². The molecule has 18 heavy (non-hydrogen) atoms. The molecule has 0 aliphatic rings. The van der Waals surface area contributed by atoms with E-state index in [0.29, 0.717) is 6.04 Å². The van der Waals surface area contributed by atoms with E-state index in [1.807, 2.05) is 12.4 Å². The van der Waals surface area contributed by atoms with Gasteiger partial charge in [-0.15, -0.1) is 0 Å². The van der Waals surface area contributed by atoms with E-state index in [9.17, 15) is 0 Å². The van der Waals surface area contributed by atoms with Crippen molar-refractivity contribution < 1.29 is 0 Å². The van der Waals surface area contributed by atoms with Gasteiger partial charge in [-0.3, -0.25) is 0 Å². The summed E-state index contributed by atoms with van der Waals surface area (Å²) in [6.45, 7) is 7.71. The normalized spacial score (nSPS) is 13.5. The van der Waals surface area contributed by atoms with Crippen LogP contribution in [0.4, 0.5) is 0 Å². The van der Waals surface area contributed by atoms with Crippen LogP contribution in [0.25, 0.3) is 0 Å². The molecule has 2 N–H and O–H groups in total. The van der Waals surface area contributed by atoms with E-state index < -0.39 is 0 Å². The van der Waals surface area contributed by atoms with Crippen molar-refractivity contribution in [1.82, 2.24) is 10.3 Å². The quantitative estimate of drug-likeness (QED) is 0.836. The maximum absolute atomic E-state index is 3.66. The molecule has 0 amide bonds. The Morgan fingerprint density at radius 2 is 1.83 bits per heavy atom. The summed E-state index contributed by atoms with van der Waals surface area (Å²) < 4.78 is 0.